The molecule has 3 fully saturated rings. The number of hydrogen-bond donors (Lipinski definition) is 3. The highest BCUT2D eigenvalue weighted by molar-refractivity contribution is 5.95. The van der Waals surface area contributed by atoms with Crippen LogP contribution in [-0.2, 0) is 9.53 Å². The van der Waals surface area contributed by atoms with Crippen molar-refractivity contribution in [2.24, 2.45) is 10.9 Å². The van der Waals surface area contributed by atoms with Crippen LogP contribution in [0.5, 0.6) is 0 Å². The molecule has 32 heavy (non-hydrogen) atoms. The van der Waals surface area contributed by atoms with E-state index < -0.39 is 17.7 Å². The van der Waals surface area contributed by atoms with Crippen molar-refractivity contribution < 1.29 is 19.4 Å². The van der Waals surface area contributed by atoms with E-state index in [4.69, 9.17) is 4.74 Å². The lowest BCUT2D eigenvalue weighted by Crippen LogP contribution is -2.54. The van der Waals surface area contributed by atoms with Crippen LogP contribution in [0.25, 0.3) is 0 Å². The van der Waals surface area contributed by atoms with Gasteiger partial charge in [-0.05, 0) is 25.3 Å². The number of morpholine rings is 1. The van der Waals surface area contributed by atoms with E-state index in [1.54, 1.807) is 0 Å². The van der Waals surface area contributed by atoms with Crippen molar-refractivity contribution in [3.05, 3.63) is 0 Å². The quantitative estimate of drug-likeness (QED) is 0.413. The highest BCUT2D eigenvalue weighted by atomic mass is 16.5. The third kappa shape index (κ3) is 6.56. The highest BCUT2D eigenvalue weighted by Gasteiger charge is 2.41. The number of nitrogens with one attached hydrogen (secondary N) is 2. The van der Waals surface area contributed by atoms with Crippen LogP contribution < -0.4 is 10.6 Å². The van der Waals surface area contributed by atoms with Gasteiger partial charge in [-0.25, -0.2) is 9.79 Å². The summed E-state index contributed by atoms with van der Waals surface area (Å²) >= 11 is 0. The van der Waals surface area contributed by atoms with E-state index in [0.29, 0.717) is 51.6 Å². The molecule has 10 nitrogen and oxygen atoms in total. The van der Waals surface area contributed by atoms with Crippen molar-refractivity contribution >= 4 is 18.0 Å². The summed E-state index contributed by atoms with van der Waals surface area (Å²) in [6.45, 7) is 6.09. The fourth-order valence-electron chi connectivity index (χ4n) is 4.87. The first-order chi connectivity index (χ1) is 15.4. The molecule has 178 valence electrons. The van der Waals surface area contributed by atoms with Gasteiger partial charge in [-0.15, -0.1) is 0 Å². The van der Waals surface area contributed by atoms with Crippen LogP contribution in [0.1, 0.15) is 51.9 Å². The van der Waals surface area contributed by atoms with Crippen LogP contribution in [0.2, 0.25) is 0 Å². The van der Waals surface area contributed by atoms with Gasteiger partial charge in [0.15, 0.2) is 0 Å². The third-order valence-electron chi connectivity index (χ3n) is 6.76. The van der Waals surface area contributed by atoms with E-state index >= 15 is 0 Å². The number of carboxylic acid groups (broad SMARTS) is 1. The number of ether oxygens (including phenoxy) is 1. The smallest absolute Gasteiger partial charge is 0.411 e. The Morgan fingerprint density at radius 1 is 1.25 bits per heavy atom. The second-order valence-electron chi connectivity index (χ2n) is 9.04. The molecule has 3 N–H and O–H groups in total. The molecule has 2 aliphatic heterocycles. The zero-order chi connectivity index (χ0) is 23.0. The number of hydrogen-bond acceptors (Lipinski definition) is 6. The van der Waals surface area contributed by atoms with E-state index in [2.05, 4.69) is 26.6 Å². The first-order valence-electron chi connectivity index (χ1n) is 11.8. The molecule has 3 rings (SSSR count). The highest BCUT2D eigenvalue weighted by Crippen LogP contribution is 2.29. The maximum Gasteiger partial charge on any atom is 0.411 e. The summed E-state index contributed by atoms with van der Waals surface area (Å²) in [7, 11) is 0. The molecule has 1 saturated carbocycles. The molecule has 2 saturated heterocycles. The molecular weight excluding hydrogens is 412 g/mol. The van der Waals surface area contributed by atoms with Crippen molar-refractivity contribution in [2.45, 2.75) is 63.5 Å². The van der Waals surface area contributed by atoms with Gasteiger partial charge in [0.25, 0.3) is 0 Å². The predicted molar refractivity (Wildman–Crippen MR) is 119 cm³/mol. The Labute approximate surface area is 190 Å². The first-order valence-corrected chi connectivity index (χ1v) is 11.8. The largest absolute Gasteiger partial charge is 0.465 e. The summed E-state index contributed by atoms with van der Waals surface area (Å²) in [5.41, 5.74) is -0.924. The fraction of sp³-hybridized carbons (Fsp3) is 0.818. The molecule has 0 aromatic rings. The number of rotatable bonds is 6. The average Bonchev–Trinajstić information content (AvgIpc) is 3.22. The van der Waals surface area contributed by atoms with Gasteiger partial charge in [-0.3, -0.25) is 10.1 Å². The third-order valence-corrected chi connectivity index (χ3v) is 6.76. The Balaban J connectivity index is 1.82. The minimum absolute atomic E-state index is 0.185. The van der Waals surface area contributed by atoms with Gasteiger partial charge in [-0.2, -0.15) is 5.26 Å². The number of nitrogens with zero attached hydrogens (tertiary/aromatic N) is 4. The molecule has 3 aliphatic rings. The molecule has 2 atom stereocenters. The molecule has 2 unspecified atom stereocenters. The van der Waals surface area contributed by atoms with Crippen LogP contribution in [0.4, 0.5) is 4.79 Å². The monoisotopic (exact) mass is 448 g/mol. The maximum absolute atomic E-state index is 13.4. The van der Waals surface area contributed by atoms with Crippen molar-refractivity contribution in [3.8, 4) is 6.07 Å². The number of amides is 2. The Kier molecular flexibility index (Phi) is 8.70. The maximum atomic E-state index is 13.4. The van der Waals surface area contributed by atoms with E-state index in [9.17, 15) is 20.0 Å². The number of likely N-dealkylation sites (N-methyl/N-ethyl adjacent to an activating group) is 1. The Bertz CT molecular complexity index is 726. The normalized spacial score (nSPS) is 26.4. The standard InChI is InChI=1S/C22H36N6O4/c1-2-27-9-8-22(15-23,16-27)26-19(29)18(14-17-6-4-3-5-7-17)24-20(25-21(30)31)28-10-12-32-13-11-28/h17-18H,2-14,16H2,1H3,(H,24,25)(H,26,29)(H,30,31). The number of guanidine groups is 1. The topological polar surface area (TPSA) is 130 Å². The van der Waals surface area contributed by atoms with Gasteiger partial charge >= 0.3 is 6.09 Å². The summed E-state index contributed by atoms with van der Waals surface area (Å²) < 4.78 is 5.37. The lowest BCUT2D eigenvalue weighted by atomic mass is 9.84. The van der Waals surface area contributed by atoms with Gasteiger partial charge in [0.1, 0.15) is 11.6 Å². The van der Waals surface area contributed by atoms with E-state index in [-0.39, 0.29) is 11.9 Å². The van der Waals surface area contributed by atoms with Gasteiger partial charge in [-0.1, -0.05) is 39.0 Å². The number of carbonyl (C=O) groups is 2. The van der Waals surface area contributed by atoms with Crippen molar-refractivity contribution in [2.75, 3.05) is 45.9 Å². The predicted octanol–water partition coefficient (Wildman–Crippen LogP) is 1.39. The summed E-state index contributed by atoms with van der Waals surface area (Å²) in [5.74, 6) is 0.255. The van der Waals surface area contributed by atoms with E-state index in [1.807, 2.05) is 11.8 Å². The van der Waals surface area contributed by atoms with Crippen LogP contribution >= 0.6 is 0 Å². The van der Waals surface area contributed by atoms with E-state index in [0.717, 1.165) is 38.8 Å². The molecule has 10 heteroatoms. The lowest BCUT2D eigenvalue weighted by molar-refractivity contribution is -0.124. The number of nitriles is 1. The van der Waals surface area contributed by atoms with Gasteiger partial charge < -0.3 is 25.0 Å². The first kappa shape index (κ1) is 24.3. The minimum atomic E-state index is -1.21. The van der Waals surface area contributed by atoms with Crippen molar-refractivity contribution in [3.63, 3.8) is 0 Å². The molecule has 0 radical (unpaired) electrons. The Morgan fingerprint density at radius 2 is 1.97 bits per heavy atom. The molecule has 1 aliphatic carbocycles. The summed E-state index contributed by atoms with van der Waals surface area (Å²) in [4.78, 5) is 33.5. The minimum Gasteiger partial charge on any atom is -0.465 e. The Morgan fingerprint density at radius 3 is 2.56 bits per heavy atom. The fourth-order valence-corrected chi connectivity index (χ4v) is 4.87. The number of likely N-dealkylation sites (tertiary alicyclic amines) is 1. The van der Waals surface area contributed by atoms with Crippen molar-refractivity contribution in [1.82, 2.24) is 20.4 Å². The van der Waals surface area contributed by atoms with Gasteiger partial charge in [0, 0.05) is 26.2 Å². The van der Waals surface area contributed by atoms with Crippen LogP contribution in [-0.4, -0.2) is 90.4 Å². The van der Waals surface area contributed by atoms with Crippen LogP contribution in [0, 0.1) is 17.2 Å². The van der Waals surface area contributed by atoms with Crippen molar-refractivity contribution in [1.29, 1.82) is 5.26 Å². The van der Waals surface area contributed by atoms with Gasteiger partial charge in [0.2, 0.25) is 11.9 Å². The molecule has 0 spiro atoms. The SMILES string of the molecule is CCN1CCC(C#N)(NC(=O)C(CC2CCCCC2)N=C(NC(=O)O)N2CCOCC2)C1. The van der Waals surface area contributed by atoms with Crippen LogP contribution in [0.3, 0.4) is 0 Å². The lowest BCUT2D eigenvalue weighted by Gasteiger charge is -2.32. The summed E-state index contributed by atoms with van der Waals surface area (Å²) in [6, 6.07) is 1.57. The molecule has 0 aromatic heterocycles. The molecule has 2 amide bonds. The summed E-state index contributed by atoms with van der Waals surface area (Å²) in [5, 5.41) is 24.6. The Hall–Kier alpha value is -2.38. The zero-order valence-corrected chi connectivity index (χ0v) is 19.0. The van der Waals surface area contributed by atoms with E-state index in [1.165, 1.54) is 6.42 Å². The second kappa shape index (κ2) is 11.5. The number of aliphatic imine (C=N–C) groups is 1. The summed E-state index contributed by atoms with van der Waals surface area (Å²) in [6.07, 6.45) is 5.50. The second-order valence-corrected chi connectivity index (χ2v) is 9.04. The molecular formula is C22H36N6O4. The van der Waals surface area contributed by atoms with Crippen LogP contribution in [0.15, 0.2) is 4.99 Å². The average molecular weight is 449 g/mol. The molecule has 0 bridgehead atoms. The number of carbonyl (C=O) groups excluding carboxylic acids is 1. The molecule has 2 heterocycles. The zero-order valence-electron chi connectivity index (χ0n) is 19.0. The van der Waals surface area contributed by atoms with Gasteiger partial charge in [0.05, 0.1) is 19.3 Å². The molecule has 0 aromatic carbocycles.